The minimum atomic E-state index is -0.327. The smallest absolute Gasteiger partial charge is 0.257 e. The molecule has 2 N–H and O–H groups in total. The van der Waals surface area contributed by atoms with Crippen molar-refractivity contribution < 1.29 is 9.26 Å². The highest BCUT2D eigenvalue weighted by Crippen LogP contribution is 2.14. The van der Waals surface area contributed by atoms with Crippen molar-refractivity contribution in [2.24, 2.45) is 5.73 Å². The fraction of sp³-hybridized carbons (Fsp3) is 0.333. The van der Waals surface area contributed by atoms with E-state index >= 15 is 0 Å². The van der Waals surface area contributed by atoms with E-state index in [0.29, 0.717) is 24.7 Å². The van der Waals surface area contributed by atoms with Crippen LogP contribution in [0.5, 0.6) is 0 Å². The third-order valence-electron chi connectivity index (χ3n) is 2.46. The second-order valence-electron chi connectivity index (χ2n) is 3.67. The molecule has 1 aromatic carbocycles. The van der Waals surface area contributed by atoms with E-state index in [0.717, 1.165) is 5.56 Å². The van der Waals surface area contributed by atoms with E-state index < -0.39 is 0 Å². The fourth-order valence-corrected chi connectivity index (χ4v) is 1.55. The molecular weight excluding hydrogens is 218 g/mol. The van der Waals surface area contributed by atoms with Crippen LogP contribution in [0.15, 0.2) is 34.9 Å². The first-order valence-electron chi connectivity index (χ1n) is 5.42. The Bertz CT molecular complexity index is 452. The molecule has 5 nitrogen and oxygen atoms in total. The van der Waals surface area contributed by atoms with Crippen LogP contribution in [-0.4, -0.2) is 23.8 Å². The molecule has 2 rings (SSSR count). The molecule has 0 saturated carbocycles. The lowest BCUT2D eigenvalue weighted by Crippen LogP contribution is -2.14. The maximum absolute atomic E-state index is 5.52. The number of hydrogen-bond donors (Lipinski definition) is 1. The van der Waals surface area contributed by atoms with E-state index in [1.807, 2.05) is 30.3 Å². The summed E-state index contributed by atoms with van der Waals surface area (Å²) in [5.74, 6) is 1.07. The van der Waals surface area contributed by atoms with Crippen LogP contribution >= 0.6 is 0 Å². The number of ether oxygens (including phenoxy) is 1. The maximum Gasteiger partial charge on any atom is 0.257 e. The molecule has 0 spiro atoms. The van der Waals surface area contributed by atoms with Gasteiger partial charge in [-0.1, -0.05) is 35.5 Å². The highest BCUT2D eigenvalue weighted by Gasteiger charge is 2.16. The van der Waals surface area contributed by atoms with Crippen LogP contribution in [0.25, 0.3) is 0 Å². The second-order valence-corrected chi connectivity index (χ2v) is 3.67. The van der Waals surface area contributed by atoms with Gasteiger partial charge in [-0.25, -0.2) is 0 Å². The fourth-order valence-electron chi connectivity index (χ4n) is 1.55. The van der Waals surface area contributed by atoms with E-state index in [4.69, 9.17) is 15.0 Å². The summed E-state index contributed by atoms with van der Waals surface area (Å²) in [5.41, 5.74) is 6.66. The Morgan fingerprint density at radius 1 is 1.35 bits per heavy atom. The normalized spacial score (nSPS) is 12.6. The van der Waals surface area contributed by atoms with Gasteiger partial charge in [0, 0.05) is 20.1 Å². The lowest BCUT2D eigenvalue weighted by molar-refractivity contribution is 0.0804. The standard InChI is InChI=1S/C12H15N3O2/c1-16-10(8-13)12-14-11(15-17-12)7-9-5-3-2-4-6-9/h2-6,10H,7-8,13H2,1H3. The zero-order valence-corrected chi connectivity index (χ0v) is 9.67. The Balaban J connectivity index is 2.08. The van der Waals surface area contributed by atoms with Gasteiger partial charge in [-0.2, -0.15) is 4.98 Å². The number of methoxy groups -OCH3 is 1. The number of nitrogens with two attached hydrogens (primary N) is 1. The predicted molar refractivity (Wildman–Crippen MR) is 62.4 cm³/mol. The third-order valence-corrected chi connectivity index (χ3v) is 2.46. The number of aromatic nitrogens is 2. The van der Waals surface area contributed by atoms with E-state index in [2.05, 4.69) is 10.1 Å². The molecule has 0 saturated heterocycles. The van der Waals surface area contributed by atoms with Crippen molar-refractivity contribution in [3.8, 4) is 0 Å². The van der Waals surface area contributed by atoms with Crippen molar-refractivity contribution in [2.75, 3.05) is 13.7 Å². The van der Waals surface area contributed by atoms with Gasteiger partial charge in [-0.15, -0.1) is 0 Å². The number of rotatable bonds is 5. The lowest BCUT2D eigenvalue weighted by Gasteiger charge is -2.05. The number of nitrogens with zero attached hydrogens (tertiary/aromatic N) is 2. The van der Waals surface area contributed by atoms with Gasteiger partial charge in [0.25, 0.3) is 5.89 Å². The lowest BCUT2D eigenvalue weighted by atomic mass is 10.1. The highest BCUT2D eigenvalue weighted by molar-refractivity contribution is 5.18. The van der Waals surface area contributed by atoms with Gasteiger partial charge >= 0.3 is 0 Å². The maximum atomic E-state index is 5.52. The largest absolute Gasteiger partial charge is 0.370 e. The van der Waals surface area contributed by atoms with Gasteiger partial charge in [0.1, 0.15) is 6.10 Å². The zero-order chi connectivity index (χ0) is 12.1. The Labute approximate surface area is 99.6 Å². The van der Waals surface area contributed by atoms with Crippen LogP contribution in [0.1, 0.15) is 23.4 Å². The first-order chi connectivity index (χ1) is 8.33. The van der Waals surface area contributed by atoms with Crippen LogP contribution in [-0.2, 0) is 11.2 Å². The summed E-state index contributed by atoms with van der Waals surface area (Å²) in [7, 11) is 1.57. The summed E-state index contributed by atoms with van der Waals surface area (Å²) < 4.78 is 10.2. The van der Waals surface area contributed by atoms with Crippen molar-refractivity contribution in [3.63, 3.8) is 0 Å². The van der Waals surface area contributed by atoms with Gasteiger partial charge in [-0.05, 0) is 5.56 Å². The zero-order valence-electron chi connectivity index (χ0n) is 9.67. The minimum Gasteiger partial charge on any atom is -0.370 e. The van der Waals surface area contributed by atoms with Crippen LogP contribution in [0.4, 0.5) is 0 Å². The van der Waals surface area contributed by atoms with Crippen LogP contribution < -0.4 is 5.73 Å². The molecule has 0 amide bonds. The van der Waals surface area contributed by atoms with E-state index in [1.165, 1.54) is 0 Å². The minimum absolute atomic E-state index is 0.323. The third kappa shape index (κ3) is 2.89. The Hall–Kier alpha value is -1.72. The average Bonchev–Trinajstić information content (AvgIpc) is 2.81. The molecule has 5 heteroatoms. The van der Waals surface area contributed by atoms with Gasteiger partial charge in [-0.3, -0.25) is 0 Å². The number of hydrogen-bond acceptors (Lipinski definition) is 5. The summed E-state index contributed by atoms with van der Waals surface area (Å²) in [4.78, 5) is 4.26. The summed E-state index contributed by atoms with van der Waals surface area (Å²) in [5, 5.41) is 3.91. The molecule has 0 aliphatic heterocycles. The predicted octanol–water partition coefficient (Wildman–Crippen LogP) is 1.31. The van der Waals surface area contributed by atoms with Crippen molar-refractivity contribution in [2.45, 2.75) is 12.5 Å². The summed E-state index contributed by atoms with van der Waals surface area (Å²) in [6.07, 6.45) is 0.317. The molecule has 2 aromatic rings. The molecule has 1 heterocycles. The molecule has 0 radical (unpaired) electrons. The second kappa shape index (κ2) is 5.56. The van der Waals surface area contributed by atoms with Crippen molar-refractivity contribution >= 4 is 0 Å². The number of benzene rings is 1. The SMILES string of the molecule is COC(CN)c1nc(Cc2ccccc2)no1. The van der Waals surface area contributed by atoms with Gasteiger partial charge in [0.2, 0.25) is 0 Å². The highest BCUT2D eigenvalue weighted by atomic mass is 16.5. The van der Waals surface area contributed by atoms with Gasteiger partial charge < -0.3 is 15.0 Å². The molecule has 0 bridgehead atoms. The first-order valence-corrected chi connectivity index (χ1v) is 5.42. The van der Waals surface area contributed by atoms with E-state index in [-0.39, 0.29) is 6.10 Å². The first kappa shape index (κ1) is 11.8. The average molecular weight is 233 g/mol. The quantitative estimate of drug-likeness (QED) is 0.842. The molecule has 1 unspecified atom stereocenters. The monoisotopic (exact) mass is 233 g/mol. The van der Waals surface area contributed by atoms with Crippen molar-refractivity contribution in [3.05, 3.63) is 47.6 Å². The molecule has 1 aromatic heterocycles. The molecule has 1 atom stereocenters. The molecule has 90 valence electrons. The summed E-state index contributed by atoms with van der Waals surface area (Å²) >= 11 is 0. The Morgan fingerprint density at radius 2 is 2.12 bits per heavy atom. The molecule has 0 aliphatic rings. The Morgan fingerprint density at radius 3 is 2.76 bits per heavy atom. The van der Waals surface area contributed by atoms with Crippen LogP contribution in [0, 0.1) is 0 Å². The van der Waals surface area contributed by atoms with E-state index in [1.54, 1.807) is 7.11 Å². The summed E-state index contributed by atoms with van der Waals surface area (Å²) in [6.45, 7) is 0.323. The molecule has 17 heavy (non-hydrogen) atoms. The van der Waals surface area contributed by atoms with Gasteiger partial charge in [0.05, 0.1) is 0 Å². The molecule has 0 aliphatic carbocycles. The molecular formula is C12H15N3O2. The topological polar surface area (TPSA) is 74.2 Å². The van der Waals surface area contributed by atoms with Crippen molar-refractivity contribution in [1.82, 2.24) is 10.1 Å². The molecule has 0 fully saturated rings. The van der Waals surface area contributed by atoms with Gasteiger partial charge in [0.15, 0.2) is 5.82 Å². The summed E-state index contributed by atoms with van der Waals surface area (Å²) in [6, 6.07) is 9.97. The van der Waals surface area contributed by atoms with Crippen LogP contribution in [0.2, 0.25) is 0 Å². The van der Waals surface area contributed by atoms with Crippen molar-refractivity contribution in [1.29, 1.82) is 0 Å². The van der Waals surface area contributed by atoms with Crippen LogP contribution in [0.3, 0.4) is 0 Å². The Kier molecular flexibility index (Phi) is 3.85. The van der Waals surface area contributed by atoms with E-state index in [9.17, 15) is 0 Å².